The Labute approximate surface area is 191 Å². The highest BCUT2D eigenvalue weighted by Crippen LogP contribution is 2.39. The molecular formula is C18H20ClFN5O7P. The fourth-order valence-corrected chi connectivity index (χ4v) is 4.04. The van der Waals surface area contributed by atoms with Gasteiger partial charge in [-0.25, -0.2) is 23.9 Å². The summed E-state index contributed by atoms with van der Waals surface area (Å²) in [4.78, 5) is 30.2. The van der Waals surface area contributed by atoms with E-state index in [2.05, 4.69) is 24.8 Å². The number of aromatic nitrogens is 4. The predicted molar refractivity (Wildman–Crippen MR) is 113 cm³/mol. The van der Waals surface area contributed by atoms with Crippen molar-refractivity contribution in [1.82, 2.24) is 19.5 Å². The third-order valence-electron chi connectivity index (χ3n) is 5.19. The van der Waals surface area contributed by atoms with Gasteiger partial charge in [0, 0.05) is 17.1 Å². The van der Waals surface area contributed by atoms with Gasteiger partial charge in [-0.2, -0.15) is 0 Å². The molecular weight excluding hydrogens is 484 g/mol. The molecule has 0 spiro atoms. The lowest BCUT2D eigenvalue weighted by molar-refractivity contribution is -0.0504. The number of ether oxygens (including phenoxy) is 1. The summed E-state index contributed by atoms with van der Waals surface area (Å²) in [5.74, 6) is -0.170. The number of aliphatic hydroxyl groups excluding tert-OH is 2. The van der Waals surface area contributed by atoms with E-state index in [1.807, 2.05) is 0 Å². The van der Waals surface area contributed by atoms with Crippen LogP contribution >= 0.6 is 19.4 Å². The molecule has 3 aromatic rings. The molecule has 5 N–H and O–H groups in total. The van der Waals surface area contributed by atoms with E-state index in [1.54, 1.807) is 19.1 Å². The number of phosphoric acid groups is 1. The van der Waals surface area contributed by atoms with Crippen LogP contribution in [0.4, 0.5) is 10.2 Å². The molecule has 33 heavy (non-hydrogen) atoms. The van der Waals surface area contributed by atoms with E-state index in [0.29, 0.717) is 5.56 Å². The van der Waals surface area contributed by atoms with Crippen molar-refractivity contribution < 1.29 is 38.2 Å². The lowest BCUT2D eigenvalue weighted by atomic mass is 10.1. The zero-order chi connectivity index (χ0) is 23.9. The van der Waals surface area contributed by atoms with Crippen molar-refractivity contribution >= 4 is 36.4 Å². The molecule has 2 aromatic heterocycles. The maximum Gasteiger partial charge on any atom is 0.469 e. The molecule has 4 rings (SSSR count). The molecule has 1 aromatic carbocycles. The maximum atomic E-state index is 14.4. The molecule has 1 aliphatic heterocycles. The van der Waals surface area contributed by atoms with Crippen molar-refractivity contribution in [3.63, 3.8) is 0 Å². The van der Waals surface area contributed by atoms with Crippen LogP contribution < -0.4 is 5.32 Å². The minimum absolute atomic E-state index is 0.0222. The first-order valence-corrected chi connectivity index (χ1v) is 11.5. The largest absolute Gasteiger partial charge is 0.469 e. The highest BCUT2D eigenvalue weighted by molar-refractivity contribution is 7.46. The van der Waals surface area contributed by atoms with Gasteiger partial charge < -0.3 is 30.1 Å². The second kappa shape index (κ2) is 9.20. The smallest absolute Gasteiger partial charge is 0.387 e. The van der Waals surface area contributed by atoms with Crippen molar-refractivity contribution in [2.45, 2.75) is 38.0 Å². The van der Waals surface area contributed by atoms with Crippen LogP contribution in [0.2, 0.25) is 5.02 Å². The second-order valence-electron chi connectivity index (χ2n) is 7.39. The van der Waals surface area contributed by atoms with E-state index in [9.17, 15) is 19.2 Å². The molecule has 12 nitrogen and oxygen atoms in total. The number of aryl methyl sites for hydroxylation is 1. The quantitative estimate of drug-likeness (QED) is 0.294. The third kappa shape index (κ3) is 4.86. The number of imidazole rings is 1. The number of nitrogens with one attached hydrogen (secondary N) is 1. The molecule has 3 heterocycles. The van der Waals surface area contributed by atoms with Crippen LogP contribution in [0.3, 0.4) is 0 Å². The number of phosphoric ester groups is 1. The van der Waals surface area contributed by atoms with Crippen molar-refractivity contribution in [2.24, 2.45) is 0 Å². The minimum Gasteiger partial charge on any atom is -0.387 e. The van der Waals surface area contributed by atoms with E-state index in [0.717, 1.165) is 0 Å². The summed E-state index contributed by atoms with van der Waals surface area (Å²) in [6, 6.07) is 3.17. The van der Waals surface area contributed by atoms with Gasteiger partial charge in [-0.15, -0.1) is 0 Å². The van der Waals surface area contributed by atoms with Crippen LogP contribution in [-0.4, -0.2) is 64.4 Å². The molecule has 0 radical (unpaired) electrons. The van der Waals surface area contributed by atoms with Crippen LogP contribution in [0, 0.1) is 12.7 Å². The van der Waals surface area contributed by atoms with E-state index >= 15 is 0 Å². The fraction of sp³-hybridized carbons (Fsp3) is 0.389. The number of benzene rings is 1. The standard InChI is InChI=1S/C18H20ClFN5O7P/c1-8-2-3-10(19)9(12(8)20)4-21-16-13-17(23-6-22-16)25(7-24-13)18-15(27)14(26)11(32-18)5-31-33(28,29)30/h2-3,6-7,11,14-15,18,26-27H,4-5H2,1H3,(H,21,22,23)(H2,28,29,30)/t11-,14-,15-,18-/m1/s1. The van der Waals surface area contributed by atoms with Crippen LogP contribution in [-0.2, 0) is 20.4 Å². The first kappa shape index (κ1) is 23.9. The van der Waals surface area contributed by atoms with E-state index in [4.69, 9.17) is 26.1 Å². The zero-order valence-electron chi connectivity index (χ0n) is 17.0. The van der Waals surface area contributed by atoms with Gasteiger partial charge in [-0.3, -0.25) is 9.09 Å². The van der Waals surface area contributed by atoms with Gasteiger partial charge in [-0.05, 0) is 18.6 Å². The Kier molecular flexibility index (Phi) is 6.67. The minimum atomic E-state index is -4.79. The van der Waals surface area contributed by atoms with Gasteiger partial charge in [0.15, 0.2) is 23.2 Å². The molecule has 4 atom stereocenters. The van der Waals surface area contributed by atoms with Crippen molar-refractivity contribution in [3.8, 4) is 0 Å². The van der Waals surface area contributed by atoms with Gasteiger partial charge in [0.2, 0.25) is 0 Å². The SMILES string of the molecule is Cc1ccc(Cl)c(CNc2ncnc3c2ncn3[C@@H]2O[C@H](COP(=O)(O)O)[C@@H](O)[C@H]2O)c1F. The van der Waals surface area contributed by atoms with Crippen molar-refractivity contribution in [2.75, 3.05) is 11.9 Å². The molecule has 0 bridgehead atoms. The zero-order valence-corrected chi connectivity index (χ0v) is 18.7. The average Bonchev–Trinajstić information content (AvgIpc) is 3.31. The molecule has 1 saturated heterocycles. The number of fused-ring (bicyclic) bond motifs is 1. The fourth-order valence-electron chi connectivity index (χ4n) is 3.48. The van der Waals surface area contributed by atoms with E-state index in [-0.39, 0.29) is 34.1 Å². The molecule has 0 saturated carbocycles. The first-order chi connectivity index (χ1) is 15.6. The number of halogens is 2. The number of aliphatic hydroxyl groups is 2. The van der Waals surface area contributed by atoms with Gasteiger partial charge in [0.25, 0.3) is 0 Å². The summed E-state index contributed by atoms with van der Waals surface area (Å²) in [6.07, 6.45) is -2.78. The highest BCUT2D eigenvalue weighted by atomic mass is 35.5. The maximum absolute atomic E-state index is 14.4. The van der Waals surface area contributed by atoms with Crippen LogP contribution in [0.15, 0.2) is 24.8 Å². The lowest BCUT2D eigenvalue weighted by Gasteiger charge is -2.16. The molecule has 0 unspecified atom stereocenters. The summed E-state index contributed by atoms with van der Waals surface area (Å²) in [5.41, 5.74) is 1.21. The van der Waals surface area contributed by atoms with Gasteiger partial charge in [-0.1, -0.05) is 17.7 Å². The van der Waals surface area contributed by atoms with Gasteiger partial charge >= 0.3 is 7.82 Å². The normalized spacial score (nSPS) is 23.4. The number of rotatable bonds is 7. The van der Waals surface area contributed by atoms with Crippen molar-refractivity contribution in [1.29, 1.82) is 0 Å². The Morgan fingerprint density at radius 3 is 2.76 bits per heavy atom. The highest BCUT2D eigenvalue weighted by Gasteiger charge is 2.45. The van der Waals surface area contributed by atoms with Gasteiger partial charge in [0.1, 0.15) is 30.5 Å². The molecule has 0 aliphatic carbocycles. The predicted octanol–water partition coefficient (Wildman–Crippen LogP) is 1.27. The summed E-state index contributed by atoms with van der Waals surface area (Å²) in [6.45, 7) is 1.00. The second-order valence-corrected chi connectivity index (χ2v) is 9.04. The topological polar surface area (TPSA) is 172 Å². The Bertz CT molecular complexity index is 1220. The first-order valence-electron chi connectivity index (χ1n) is 9.63. The molecule has 0 amide bonds. The van der Waals surface area contributed by atoms with Crippen LogP contribution in [0.1, 0.15) is 17.4 Å². The lowest BCUT2D eigenvalue weighted by Crippen LogP contribution is -2.33. The number of hydrogen-bond acceptors (Lipinski definition) is 9. The summed E-state index contributed by atoms with van der Waals surface area (Å²) in [5, 5.41) is 23.8. The number of hydrogen-bond donors (Lipinski definition) is 5. The van der Waals surface area contributed by atoms with E-state index < -0.39 is 44.8 Å². The Balaban J connectivity index is 1.57. The summed E-state index contributed by atoms with van der Waals surface area (Å²) >= 11 is 6.11. The number of nitrogens with zero attached hydrogens (tertiary/aromatic N) is 4. The third-order valence-corrected chi connectivity index (χ3v) is 6.03. The number of anilines is 1. The summed E-state index contributed by atoms with van der Waals surface area (Å²) in [7, 11) is -4.79. The van der Waals surface area contributed by atoms with E-state index in [1.165, 1.54) is 17.2 Å². The Morgan fingerprint density at radius 1 is 1.27 bits per heavy atom. The molecule has 1 fully saturated rings. The Hall–Kier alpha value is -2.22. The molecule has 15 heteroatoms. The molecule has 1 aliphatic rings. The van der Waals surface area contributed by atoms with Crippen LogP contribution in [0.25, 0.3) is 11.2 Å². The average molecular weight is 504 g/mol. The van der Waals surface area contributed by atoms with Crippen molar-refractivity contribution in [3.05, 3.63) is 46.8 Å². The monoisotopic (exact) mass is 503 g/mol. The Morgan fingerprint density at radius 2 is 2.03 bits per heavy atom. The summed E-state index contributed by atoms with van der Waals surface area (Å²) < 4.78 is 36.6. The van der Waals surface area contributed by atoms with Crippen LogP contribution in [0.5, 0.6) is 0 Å². The molecule has 178 valence electrons. The van der Waals surface area contributed by atoms with Gasteiger partial charge in [0.05, 0.1) is 12.9 Å².